The Bertz CT molecular complexity index is 432. The third-order valence-electron chi connectivity index (χ3n) is 2.80. The second-order valence-electron chi connectivity index (χ2n) is 4.85. The number of para-hydroxylation sites is 2. The molecular weight excluding hydrogens is 244 g/mol. The fourth-order valence-corrected chi connectivity index (χ4v) is 2.98. The van der Waals surface area contributed by atoms with Crippen LogP contribution in [0.25, 0.3) is 0 Å². The van der Waals surface area contributed by atoms with Crippen LogP contribution in [0.4, 0.5) is 5.69 Å². The number of methoxy groups -OCH3 is 1. The van der Waals surface area contributed by atoms with Crippen LogP contribution in [0.1, 0.15) is 20.3 Å². The molecule has 1 unspecified atom stereocenters. The van der Waals surface area contributed by atoms with E-state index in [1.165, 1.54) is 0 Å². The van der Waals surface area contributed by atoms with Gasteiger partial charge in [0.2, 0.25) is 0 Å². The summed E-state index contributed by atoms with van der Waals surface area (Å²) >= 11 is 1.79. The van der Waals surface area contributed by atoms with E-state index in [4.69, 9.17) is 9.73 Å². The van der Waals surface area contributed by atoms with Crippen LogP contribution in [0.2, 0.25) is 0 Å². The highest BCUT2D eigenvalue weighted by atomic mass is 32.2. The molecule has 0 spiro atoms. The molecule has 0 fully saturated rings. The Morgan fingerprint density at radius 1 is 1.44 bits per heavy atom. The van der Waals surface area contributed by atoms with Crippen LogP contribution < -0.4 is 10.1 Å². The number of hydrogen-bond donors (Lipinski definition) is 1. The second kappa shape index (κ2) is 6.14. The van der Waals surface area contributed by atoms with E-state index in [0.29, 0.717) is 12.0 Å². The van der Waals surface area contributed by atoms with Crippen LogP contribution in [-0.2, 0) is 0 Å². The molecule has 1 aromatic carbocycles. The van der Waals surface area contributed by atoms with Crippen LogP contribution in [-0.4, -0.2) is 24.1 Å². The molecule has 0 radical (unpaired) electrons. The average molecular weight is 264 g/mol. The van der Waals surface area contributed by atoms with Crippen molar-refractivity contribution in [2.24, 2.45) is 10.9 Å². The highest BCUT2D eigenvalue weighted by Gasteiger charge is 2.19. The predicted molar refractivity (Wildman–Crippen MR) is 79.8 cm³/mol. The first-order chi connectivity index (χ1) is 8.69. The number of benzene rings is 1. The van der Waals surface area contributed by atoms with Crippen molar-refractivity contribution in [2.45, 2.75) is 26.3 Å². The summed E-state index contributed by atoms with van der Waals surface area (Å²) < 4.78 is 5.32. The van der Waals surface area contributed by atoms with Crippen LogP contribution >= 0.6 is 11.8 Å². The maximum Gasteiger partial charge on any atom is 0.161 e. The maximum absolute atomic E-state index is 5.32. The lowest BCUT2D eigenvalue weighted by Gasteiger charge is -2.09. The number of ether oxygens (including phenoxy) is 1. The summed E-state index contributed by atoms with van der Waals surface area (Å²) in [7, 11) is 1.69. The predicted octanol–water partition coefficient (Wildman–Crippen LogP) is 3.62. The summed E-state index contributed by atoms with van der Waals surface area (Å²) in [4.78, 5) is 4.71. The minimum Gasteiger partial charge on any atom is -0.495 e. The molecule has 0 bridgehead atoms. The number of thioether (sulfide) groups is 1. The third kappa shape index (κ3) is 3.42. The standard InChI is InChI=1S/C14H20N2OS/c1-10(2)8-11-9-18-14(15-11)16-12-6-4-5-7-13(12)17-3/h4-7,10-11H,8-9H2,1-3H3,(H,15,16). The summed E-state index contributed by atoms with van der Waals surface area (Å²) in [5.41, 5.74) is 0.983. The van der Waals surface area contributed by atoms with E-state index in [2.05, 4.69) is 19.2 Å². The Labute approximate surface area is 113 Å². The molecule has 0 saturated heterocycles. The van der Waals surface area contributed by atoms with Crippen molar-refractivity contribution in [1.82, 2.24) is 0 Å². The van der Waals surface area contributed by atoms with E-state index >= 15 is 0 Å². The second-order valence-corrected chi connectivity index (χ2v) is 5.86. The van der Waals surface area contributed by atoms with E-state index in [1.54, 1.807) is 18.9 Å². The number of aliphatic imine (C=N–C) groups is 1. The Morgan fingerprint density at radius 3 is 2.94 bits per heavy atom. The zero-order chi connectivity index (χ0) is 13.0. The van der Waals surface area contributed by atoms with Crippen molar-refractivity contribution >= 4 is 22.6 Å². The lowest BCUT2D eigenvalue weighted by molar-refractivity contribution is 0.417. The Balaban J connectivity index is 2.02. The number of hydrogen-bond acceptors (Lipinski definition) is 4. The van der Waals surface area contributed by atoms with Crippen LogP contribution in [0.3, 0.4) is 0 Å². The molecule has 1 atom stereocenters. The summed E-state index contributed by atoms with van der Waals surface area (Å²) in [6.45, 7) is 4.48. The van der Waals surface area contributed by atoms with Gasteiger partial charge in [-0.05, 0) is 24.5 Å². The van der Waals surface area contributed by atoms with Gasteiger partial charge in [0, 0.05) is 5.75 Å². The normalized spacial score (nSPS) is 18.9. The molecular formula is C14H20N2OS. The number of nitrogens with zero attached hydrogens (tertiary/aromatic N) is 1. The van der Waals surface area contributed by atoms with Crippen LogP contribution in [0.15, 0.2) is 29.3 Å². The minimum atomic E-state index is 0.451. The van der Waals surface area contributed by atoms with Gasteiger partial charge < -0.3 is 10.1 Å². The largest absolute Gasteiger partial charge is 0.495 e. The highest BCUT2D eigenvalue weighted by molar-refractivity contribution is 8.14. The van der Waals surface area contributed by atoms with Crippen LogP contribution in [0.5, 0.6) is 5.75 Å². The SMILES string of the molecule is COc1ccccc1NC1=NC(CC(C)C)CS1. The molecule has 1 aromatic rings. The third-order valence-corrected chi connectivity index (χ3v) is 3.84. The lowest BCUT2D eigenvalue weighted by Crippen LogP contribution is -2.08. The molecule has 4 heteroatoms. The van der Waals surface area contributed by atoms with Gasteiger partial charge in [-0.15, -0.1) is 0 Å². The Hall–Kier alpha value is -1.16. The number of anilines is 1. The molecule has 2 rings (SSSR count). The first kappa shape index (κ1) is 13.3. The van der Waals surface area contributed by atoms with E-state index < -0.39 is 0 Å². The van der Waals surface area contributed by atoms with E-state index in [1.807, 2.05) is 24.3 Å². The van der Waals surface area contributed by atoms with Gasteiger partial charge >= 0.3 is 0 Å². The van der Waals surface area contributed by atoms with Gasteiger partial charge in [-0.3, -0.25) is 4.99 Å². The molecule has 0 aliphatic carbocycles. The van der Waals surface area contributed by atoms with Gasteiger partial charge in [0.05, 0.1) is 18.8 Å². The monoisotopic (exact) mass is 264 g/mol. The number of nitrogens with one attached hydrogen (secondary N) is 1. The van der Waals surface area contributed by atoms with Gasteiger partial charge in [0.1, 0.15) is 5.75 Å². The van der Waals surface area contributed by atoms with Gasteiger partial charge in [0.15, 0.2) is 5.17 Å². The summed E-state index contributed by atoms with van der Waals surface area (Å²) in [6, 6.07) is 8.38. The van der Waals surface area contributed by atoms with Crippen molar-refractivity contribution in [3.63, 3.8) is 0 Å². The minimum absolute atomic E-state index is 0.451. The van der Waals surface area contributed by atoms with Gasteiger partial charge in [-0.25, -0.2) is 0 Å². The van der Waals surface area contributed by atoms with Crippen molar-refractivity contribution in [1.29, 1.82) is 0 Å². The number of rotatable bonds is 4. The van der Waals surface area contributed by atoms with E-state index in [-0.39, 0.29) is 0 Å². The molecule has 0 aromatic heterocycles. The first-order valence-electron chi connectivity index (χ1n) is 6.29. The lowest BCUT2D eigenvalue weighted by atomic mass is 10.1. The van der Waals surface area contributed by atoms with E-state index in [0.717, 1.165) is 28.8 Å². The summed E-state index contributed by atoms with van der Waals surface area (Å²) in [5, 5.41) is 4.36. The van der Waals surface area contributed by atoms with Crippen molar-refractivity contribution in [2.75, 3.05) is 18.2 Å². The molecule has 0 saturated carbocycles. The van der Waals surface area contributed by atoms with E-state index in [9.17, 15) is 0 Å². The number of amidine groups is 1. The molecule has 1 heterocycles. The average Bonchev–Trinajstić information content (AvgIpc) is 2.76. The molecule has 1 aliphatic heterocycles. The van der Waals surface area contributed by atoms with Gasteiger partial charge in [-0.1, -0.05) is 37.7 Å². The first-order valence-corrected chi connectivity index (χ1v) is 7.28. The molecule has 98 valence electrons. The highest BCUT2D eigenvalue weighted by Crippen LogP contribution is 2.28. The maximum atomic E-state index is 5.32. The summed E-state index contributed by atoms with van der Waals surface area (Å²) in [5.74, 6) is 2.63. The fourth-order valence-electron chi connectivity index (χ4n) is 2.01. The molecule has 0 amide bonds. The fraction of sp³-hybridized carbons (Fsp3) is 0.500. The zero-order valence-corrected chi connectivity index (χ0v) is 12.0. The van der Waals surface area contributed by atoms with Crippen molar-refractivity contribution in [3.05, 3.63) is 24.3 Å². The smallest absolute Gasteiger partial charge is 0.161 e. The zero-order valence-electron chi connectivity index (χ0n) is 11.1. The van der Waals surface area contributed by atoms with Gasteiger partial charge in [-0.2, -0.15) is 0 Å². The Morgan fingerprint density at radius 2 is 2.22 bits per heavy atom. The van der Waals surface area contributed by atoms with Crippen molar-refractivity contribution in [3.8, 4) is 5.75 Å². The molecule has 1 N–H and O–H groups in total. The van der Waals surface area contributed by atoms with Crippen molar-refractivity contribution < 1.29 is 4.74 Å². The van der Waals surface area contributed by atoms with Crippen LogP contribution in [0, 0.1) is 5.92 Å². The Kier molecular flexibility index (Phi) is 4.53. The quantitative estimate of drug-likeness (QED) is 0.901. The molecule has 18 heavy (non-hydrogen) atoms. The summed E-state index contributed by atoms with van der Waals surface area (Å²) in [6.07, 6.45) is 1.16. The molecule has 1 aliphatic rings. The van der Waals surface area contributed by atoms with Gasteiger partial charge in [0.25, 0.3) is 0 Å². The molecule has 3 nitrogen and oxygen atoms in total. The topological polar surface area (TPSA) is 33.6 Å².